The van der Waals surface area contributed by atoms with Gasteiger partial charge in [0.05, 0.1) is 5.92 Å². The molecule has 0 spiro atoms. The van der Waals surface area contributed by atoms with Crippen LogP contribution in [0, 0.1) is 5.92 Å². The maximum Gasteiger partial charge on any atom is 0.225 e. The third-order valence-corrected chi connectivity index (χ3v) is 7.01. The lowest BCUT2D eigenvalue weighted by Crippen LogP contribution is -2.42. The van der Waals surface area contributed by atoms with E-state index in [0.717, 1.165) is 25.9 Å². The van der Waals surface area contributed by atoms with Crippen LogP contribution in [0.5, 0.6) is 0 Å². The Morgan fingerprint density at radius 2 is 1.76 bits per heavy atom. The van der Waals surface area contributed by atoms with Crippen molar-refractivity contribution >= 4 is 11.8 Å². The standard InChI is InChI=1S/C24H35N3O2/c28-23-16-20(17-27(23)14-12-19-8-4-3-5-9-19)24(29)25-21-13-15-26(18-21)22-10-6-1-2-7-11-22/h3-5,8-9,20-22H,1-2,6-7,10-18H2,(H,25,29). The molecule has 1 saturated carbocycles. The van der Waals surface area contributed by atoms with E-state index in [1.165, 1.54) is 44.1 Å². The Hall–Kier alpha value is -1.88. The molecule has 2 unspecified atom stereocenters. The molecule has 1 aromatic rings. The first-order valence-electron chi connectivity index (χ1n) is 11.5. The highest BCUT2D eigenvalue weighted by Gasteiger charge is 2.36. The van der Waals surface area contributed by atoms with Crippen LogP contribution in [0.4, 0.5) is 0 Å². The lowest BCUT2D eigenvalue weighted by Gasteiger charge is -2.27. The molecule has 29 heavy (non-hydrogen) atoms. The van der Waals surface area contributed by atoms with Crippen molar-refractivity contribution in [2.24, 2.45) is 5.92 Å². The van der Waals surface area contributed by atoms with Gasteiger partial charge in [-0.1, -0.05) is 56.0 Å². The molecule has 2 aliphatic heterocycles. The van der Waals surface area contributed by atoms with Crippen LogP contribution in [0.2, 0.25) is 0 Å². The average molecular weight is 398 g/mol. The number of amides is 2. The Bertz CT molecular complexity index is 685. The lowest BCUT2D eigenvalue weighted by atomic mass is 10.1. The Morgan fingerprint density at radius 3 is 2.52 bits per heavy atom. The van der Waals surface area contributed by atoms with E-state index in [2.05, 4.69) is 22.3 Å². The molecule has 3 fully saturated rings. The molecule has 158 valence electrons. The van der Waals surface area contributed by atoms with Crippen LogP contribution in [-0.2, 0) is 16.0 Å². The summed E-state index contributed by atoms with van der Waals surface area (Å²) in [4.78, 5) is 29.6. The summed E-state index contributed by atoms with van der Waals surface area (Å²) < 4.78 is 0. The fourth-order valence-electron chi connectivity index (χ4n) is 5.25. The van der Waals surface area contributed by atoms with Gasteiger partial charge in [0.1, 0.15) is 0 Å². The maximum atomic E-state index is 12.8. The Kier molecular flexibility index (Phi) is 6.86. The normalized spacial score (nSPS) is 26.6. The molecular formula is C24H35N3O2. The van der Waals surface area contributed by atoms with Gasteiger partial charge >= 0.3 is 0 Å². The molecule has 1 N–H and O–H groups in total. The van der Waals surface area contributed by atoms with Gasteiger partial charge in [-0.15, -0.1) is 0 Å². The van der Waals surface area contributed by atoms with Crippen LogP contribution >= 0.6 is 0 Å². The second-order valence-electron chi connectivity index (χ2n) is 9.11. The summed E-state index contributed by atoms with van der Waals surface area (Å²) in [7, 11) is 0. The first-order valence-corrected chi connectivity index (χ1v) is 11.5. The number of nitrogens with one attached hydrogen (secondary N) is 1. The SMILES string of the molecule is O=C(NC1CCN(C2CCCCCC2)C1)C1CC(=O)N(CCc2ccccc2)C1. The average Bonchev–Trinajstić information content (AvgIpc) is 3.24. The maximum absolute atomic E-state index is 12.8. The van der Waals surface area contributed by atoms with Crippen LogP contribution in [-0.4, -0.2) is 59.9 Å². The van der Waals surface area contributed by atoms with Crippen LogP contribution in [0.1, 0.15) is 56.9 Å². The van der Waals surface area contributed by atoms with E-state index in [0.29, 0.717) is 25.6 Å². The summed E-state index contributed by atoms with van der Waals surface area (Å²) in [5.41, 5.74) is 1.23. The van der Waals surface area contributed by atoms with Crippen molar-refractivity contribution in [3.05, 3.63) is 35.9 Å². The Morgan fingerprint density at radius 1 is 1.00 bits per heavy atom. The van der Waals surface area contributed by atoms with Crippen molar-refractivity contribution in [3.8, 4) is 0 Å². The minimum absolute atomic E-state index is 0.0771. The van der Waals surface area contributed by atoms with Crippen LogP contribution in [0.3, 0.4) is 0 Å². The molecule has 2 heterocycles. The number of hydrogen-bond donors (Lipinski definition) is 1. The third-order valence-electron chi connectivity index (χ3n) is 7.01. The van der Waals surface area contributed by atoms with E-state index in [1.54, 1.807) is 0 Å². The van der Waals surface area contributed by atoms with Crippen LogP contribution in [0.25, 0.3) is 0 Å². The van der Waals surface area contributed by atoms with Gasteiger partial charge in [-0.3, -0.25) is 14.5 Å². The smallest absolute Gasteiger partial charge is 0.225 e. The minimum Gasteiger partial charge on any atom is -0.352 e. The number of rotatable bonds is 6. The first-order chi connectivity index (χ1) is 14.2. The van der Waals surface area contributed by atoms with Gasteiger partial charge in [0.25, 0.3) is 0 Å². The second kappa shape index (κ2) is 9.75. The fourth-order valence-corrected chi connectivity index (χ4v) is 5.25. The zero-order valence-electron chi connectivity index (χ0n) is 17.5. The van der Waals surface area contributed by atoms with E-state index in [-0.39, 0.29) is 23.8 Å². The number of benzene rings is 1. The number of likely N-dealkylation sites (tertiary alicyclic amines) is 2. The molecule has 2 saturated heterocycles. The topological polar surface area (TPSA) is 52.7 Å². The number of carbonyl (C=O) groups is 2. The summed E-state index contributed by atoms with van der Waals surface area (Å²) in [6.45, 7) is 3.35. The Balaban J connectivity index is 1.22. The zero-order chi connectivity index (χ0) is 20.1. The highest BCUT2D eigenvalue weighted by Crippen LogP contribution is 2.25. The van der Waals surface area contributed by atoms with E-state index in [4.69, 9.17) is 0 Å². The highest BCUT2D eigenvalue weighted by molar-refractivity contribution is 5.89. The van der Waals surface area contributed by atoms with E-state index < -0.39 is 0 Å². The number of carbonyl (C=O) groups excluding carboxylic acids is 2. The molecule has 2 amide bonds. The summed E-state index contributed by atoms with van der Waals surface area (Å²) >= 11 is 0. The van der Waals surface area contributed by atoms with E-state index >= 15 is 0 Å². The van der Waals surface area contributed by atoms with Crippen LogP contribution in [0.15, 0.2) is 30.3 Å². The largest absolute Gasteiger partial charge is 0.352 e. The summed E-state index contributed by atoms with van der Waals surface area (Å²) in [5.74, 6) is 0.00562. The third kappa shape index (κ3) is 5.39. The van der Waals surface area contributed by atoms with Gasteiger partial charge in [0, 0.05) is 44.7 Å². The minimum atomic E-state index is -0.190. The summed E-state index contributed by atoms with van der Waals surface area (Å²) in [6, 6.07) is 11.2. The molecule has 2 atom stereocenters. The van der Waals surface area contributed by atoms with E-state index in [9.17, 15) is 9.59 Å². The molecule has 0 bridgehead atoms. The number of nitrogens with zero attached hydrogens (tertiary/aromatic N) is 2. The van der Waals surface area contributed by atoms with Crippen molar-refractivity contribution in [1.82, 2.24) is 15.1 Å². The summed E-state index contributed by atoms with van der Waals surface area (Å²) in [6.07, 6.45) is 10.3. The molecule has 5 nitrogen and oxygen atoms in total. The summed E-state index contributed by atoms with van der Waals surface area (Å²) in [5, 5.41) is 3.26. The van der Waals surface area contributed by atoms with Gasteiger partial charge in [-0.2, -0.15) is 0 Å². The molecule has 0 radical (unpaired) electrons. The molecule has 1 aliphatic carbocycles. The van der Waals surface area contributed by atoms with Gasteiger partial charge in [0.15, 0.2) is 0 Å². The monoisotopic (exact) mass is 397 g/mol. The van der Waals surface area contributed by atoms with Gasteiger partial charge < -0.3 is 10.2 Å². The fraction of sp³-hybridized carbons (Fsp3) is 0.667. The Labute approximate surface area is 174 Å². The number of hydrogen-bond acceptors (Lipinski definition) is 3. The van der Waals surface area contributed by atoms with E-state index in [1.807, 2.05) is 23.1 Å². The molecule has 0 aromatic heterocycles. The molecular weight excluding hydrogens is 362 g/mol. The van der Waals surface area contributed by atoms with Crippen LogP contribution < -0.4 is 5.32 Å². The molecule has 5 heteroatoms. The quantitative estimate of drug-likeness (QED) is 0.751. The highest BCUT2D eigenvalue weighted by atomic mass is 16.2. The van der Waals surface area contributed by atoms with Crippen molar-refractivity contribution in [2.75, 3.05) is 26.2 Å². The lowest BCUT2D eigenvalue weighted by molar-refractivity contribution is -0.129. The predicted octanol–water partition coefficient (Wildman–Crippen LogP) is 2.99. The molecule has 3 aliphatic rings. The second-order valence-corrected chi connectivity index (χ2v) is 9.11. The van der Waals surface area contributed by atoms with Gasteiger partial charge in [-0.05, 0) is 31.2 Å². The molecule has 4 rings (SSSR count). The molecule has 1 aromatic carbocycles. The van der Waals surface area contributed by atoms with Gasteiger partial charge in [-0.25, -0.2) is 0 Å². The van der Waals surface area contributed by atoms with Crippen molar-refractivity contribution in [1.29, 1.82) is 0 Å². The predicted molar refractivity (Wildman–Crippen MR) is 114 cm³/mol. The van der Waals surface area contributed by atoms with Crippen molar-refractivity contribution in [2.45, 2.75) is 69.9 Å². The zero-order valence-corrected chi connectivity index (χ0v) is 17.5. The van der Waals surface area contributed by atoms with Gasteiger partial charge in [0.2, 0.25) is 11.8 Å². The van der Waals surface area contributed by atoms with Crippen molar-refractivity contribution < 1.29 is 9.59 Å². The first kappa shape index (κ1) is 20.4. The van der Waals surface area contributed by atoms with Crippen molar-refractivity contribution in [3.63, 3.8) is 0 Å².